The van der Waals surface area contributed by atoms with Gasteiger partial charge in [0.2, 0.25) is 0 Å². The van der Waals surface area contributed by atoms with E-state index in [9.17, 15) is 0 Å². The number of hydrogen-bond donors (Lipinski definition) is 0. The van der Waals surface area contributed by atoms with E-state index in [0.717, 1.165) is 11.2 Å². The number of rotatable bonds is 2. The lowest BCUT2D eigenvalue weighted by Gasteiger charge is -2.32. The molecule has 0 N–H and O–H groups in total. The molecule has 3 nitrogen and oxygen atoms in total. The summed E-state index contributed by atoms with van der Waals surface area (Å²) in [4.78, 5) is 0. The van der Waals surface area contributed by atoms with Crippen LogP contribution in [-0.2, 0) is 14.0 Å². The second kappa shape index (κ2) is 3.83. The van der Waals surface area contributed by atoms with E-state index in [2.05, 4.69) is 0 Å². The third kappa shape index (κ3) is 2.21. The van der Waals surface area contributed by atoms with Gasteiger partial charge in [-0.3, -0.25) is 0 Å². The normalized spacial score (nSPS) is 25.1. The van der Waals surface area contributed by atoms with Crippen molar-refractivity contribution in [1.82, 2.24) is 0 Å². The number of hydrogen-bond acceptors (Lipinski definition) is 3. The fraction of sp³-hybridized carbons (Fsp3) is 0.818. The molecule has 0 aliphatic carbocycles. The summed E-state index contributed by atoms with van der Waals surface area (Å²) in [5.74, 6) is 0.855. The quantitative estimate of drug-likeness (QED) is 0.520. The van der Waals surface area contributed by atoms with Crippen molar-refractivity contribution >= 4 is 7.12 Å². The Bertz CT molecular complexity index is 266. The van der Waals surface area contributed by atoms with Crippen LogP contribution in [0.25, 0.3) is 0 Å². The minimum absolute atomic E-state index is 0.285. The van der Waals surface area contributed by atoms with Crippen LogP contribution in [0.2, 0.25) is 0 Å². The molecule has 0 spiro atoms. The molecule has 0 radical (unpaired) electrons. The predicted octanol–water partition coefficient (Wildman–Crippen LogP) is 2.56. The molecule has 0 bridgehead atoms. The van der Waals surface area contributed by atoms with Crippen LogP contribution in [0.5, 0.6) is 0 Å². The van der Waals surface area contributed by atoms with Gasteiger partial charge in [0.15, 0.2) is 0 Å². The molecule has 0 aromatic rings. The van der Waals surface area contributed by atoms with Gasteiger partial charge in [-0.1, -0.05) is 0 Å². The van der Waals surface area contributed by atoms with Crippen molar-refractivity contribution in [2.75, 3.05) is 7.11 Å². The number of allylic oxidation sites excluding steroid dienone is 2. The van der Waals surface area contributed by atoms with E-state index in [1.54, 1.807) is 7.11 Å². The molecule has 4 heteroatoms. The standard InChI is InChI=1S/C11H21BO3/c1-8(9(2)13-7)12-14-10(3,4)11(5,6)15-12/h1-7H3/b9-8-. The van der Waals surface area contributed by atoms with Crippen LogP contribution < -0.4 is 0 Å². The first kappa shape index (κ1) is 12.6. The third-order valence-corrected chi connectivity index (χ3v) is 3.47. The average Bonchev–Trinajstić information content (AvgIpc) is 2.33. The number of methoxy groups -OCH3 is 1. The van der Waals surface area contributed by atoms with Crippen LogP contribution in [0.4, 0.5) is 0 Å². The van der Waals surface area contributed by atoms with Gasteiger partial charge in [-0.15, -0.1) is 0 Å². The van der Waals surface area contributed by atoms with Crippen LogP contribution in [0.3, 0.4) is 0 Å². The SMILES string of the molecule is CO/C(C)=C(/C)B1OC(C)(C)C(C)(C)O1. The van der Waals surface area contributed by atoms with Gasteiger partial charge in [-0.05, 0) is 47.0 Å². The monoisotopic (exact) mass is 212 g/mol. The van der Waals surface area contributed by atoms with Crippen molar-refractivity contribution < 1.29 is 14.0 Å². The zero-order valence-corrected chi connectivity index (χ0v) is 10.8. The first-order valence-corrected chi connectivity index (χ1v) is 5.28. The molecule has 86 valence electrons. The van der Waals surface area contributed by atoms with E-state index in [1.807, 2.05) is 41.5 Å². The lowest BCUT2D eigenvalue weighted by Crippen LogP contribution is -2.41. The van der Waals surface area contributed by atoms with Gasteiger partial charge in [0.25, 0.3) is 0 Å². The summed E-state index contributed by atoms with van der Waals surface area (Å²) in [5, 5.41) is 0. The van der Waals surface area contributed by atoms with E-state index >= 15 is 0 Å². The summed E-state index contributed by atoms with van der Waals surface area (Å²) in [5.41, 5.74) is 0.427. The van der Waals surface area contributed by atoms with Crippen molar-refractivity contribution in [3.63, 3.8) is 0 Å². The van der Waals surface area contributed by atoms with Gasteiger partial charge < -0.3 is 14.0 Å². The Morgan fingerprint density at radius 3 is 1.73 bits per heavy atom. The van der Waals surface area contributed by atoms with E-state index in [0.29, 0.717) is 0 Å². The molecule has 0 aromatic carbocycles. The summed E-state index contributed by atoms with van der Waals surface area (Å²) in [6.07, 6.45) is 0. The second-order valence-corrected chi connectivity index (χ2v) is 5.03. The molecule has 15 heavy (non-hydrogen) atoms. The zero-order chi connectivity index (χ0) is 11.9. The van der Waals surface area contributed by atoms with E-state index in [1.165, 1.54) is 0 Å². The highest BCUT2D eigenvalue weighted by atomic mass is 16.7. The zero-order valence-electron chi connectivity index (χ0n) is 10.8. The van der Waals surface area contributed by atoms with Crippen LogP contribution in [0.1, 0.15) is 41.5 Å². The van der Waals surface area contributed by atoms with Crippen molar-refractivity contribution in [3.8, 4) is 0 Å². The summed E-state index contributed by atoms with van der Waals surface area (Å²) in [6, 6.07) is 0. The highest BCUT2D eigenvalue weighted by molar-refractivity contribution is 6.54. The molecule has 0 amide bonds. The summed E-state index contributed by atoms with van der Waals surface area (Å²) in [6.45, 7) is 12.1. The highest BCUT2D eigenvalue weighted by Crippen LogP contribution is 2.38. The molecule has 0 unspecified atom stereocenters. The molecule has 1 fully saturated rings. The molecule has 1 heterocycles. The van der Waals surface area contributed by atoms with Crippen molar-refractivity contribution in [3.05, 3.63) is 11.2 Å². The van der Waals surface area contributed by atoms with Crippen molar-refractivity contribution in [1.29, 1.82) is 0 Å². The summed E-state index contributed by atoms with van der Waals surface area (Å²) < 4.78 is 17.0. The van der Waals surface area contributed by atoms with Gasteiger partial charge in [0, 0.05) is 0 Å². The number of ether oxygens (including phenoxy) is 1. The van der Waals surface area contributed by atoms with Crippen molar-refractivity contribution in [2.45, 2.75) is 52.7 Å². The summed E-state index contributed by atoms with van der Waals surface area (Å²) in [7, 11) is 1.36. The lowest BCUT2D eigenvalue weighted by molar-refractivity contribution is 0.00578. The smallest absolute Gasteiger partial charge is 0.493 e. The second-order valence-electron chi connectivity index (χ2n) is 5.03. The molecule has 1 saturated heterocycles. The Morgan fingerprint density at radius 1 is 1.00 bits per heavy atom. The topological polar surface area (TPSA) is 27.7 Å². The first-order valence-electron chi connectivity index (χ1n) is 5.28. The van der Waals surface area contributed by atoms with Crippen LogP contribution in [0, 0.1) is 0 Å². The Balaban J connectivity index is 2.89. The minimum Gasteiger partial charge on any atom is -0.502 e. The largest absolute Gasteiger partial charge is 0.502 e. The van der Waals surface area contributed by atoms with Crippen LogP contribution in [-0.4, -0.2) is 25.4 Å². The maximum Gasteiger partial charge on any atom is 0.493 e. The molecular weight excluding hydrogens is 191 g/mol. The van der Waals surface area contributed by atoms with Gasteiger partial charge in [-0.2, -0.15) is 0 Å². The maximum atomic E-state index is 5.89. The molecule has 1 aliphatic rings. The maximum absolute atomic E-state index is 5.89. The molecule has 0 atom stereocenters. The fourth-order valence-corrected chi connectivity index (χ4v) is 1.35. The molecular formula is C11H21BO3. The van der Waals surface area contributed by atoms with Crippen LogP contribution >= 0.6 is 0 Å². The molecule has 0 aromatic heterocycles. The van der Waals surface area contributed by atoms with Crippen LogP contribution in [0.15, 0.2) is 11.2 Å². The lowest BCUT2D eigenvalue weighted by atomic mass is 9.79. The highest BCUT2D eigenvalue weighted by Gasteiger charge is 2.52. The van der Waals surface area contributed by atoms with Gasteiger partial charge in [-0.25, -0.2) is 0 Å². The molecule has 1 rings (SSSR count). The summed E-state index contributed by atoms with van der Waals surface area (Å²) >= 11 is 0. The van der Waals surface area contributed by atoms with Gasteiger partial charge in [0.1, 0.15) is 0 Å². The predicted molar refractivity (Wildman–Crippen MR) is 61.5 cm³/mol. The van der Waals surface area contributed by atoms with E-state index in [-0.39, 0.29) is 18.3 Å². The average molecular weight is 212 g/mol. The Labute approximate surface area is 92.9 Å². The first-order chi connectivity index (χ1) is 6.71. The minimum atomic E-state index is -0.296. The third-order valence-electron chi connectivity index (χ3n) is 3.47. The van der Waals surface area contributed by atoms with Gasteiger partial charge in [0.05, 0.1) is 24.1 Å². The Morgan fingerprint density at radius 2 is 1.40 bits per heavy atom. The molecule has 0 saturated carbocycles. The van der Waals surface area contributed by atoms with E-state index in [4.69, 9.17) is 14.0 Å². The fourth-order valence-electron chi connectivity index (χ4n) is 1.35. The Kier molecular flexibility index (Phi) is 3.22. The van der Waals surface area contributed by atoms with Crippen molar-refractivity contribution in [2.24, 2.45) is 0 Å². The van der Waals surface area contributed by atoms with Gasteiger partial charge >= 0.3 is 7.12 Å². The molecule has 1 aliphatic heterocycles. The Hall–Kier alpha value is -0.475. The van der Waals surface area contributed by atoms with E-state index < -0.39 is 0 Å².